The standard InChI is InChI=1S/C21H22N6O3/c1-13-5-6-18(30-13)20-26-21(22)25-19-14(10-23-27(19)20)9-15-3-2-4-16(24-15)11-29-17-7-8-28-12-17/h2-6,10,17H,7-9,11-12H2,1H3,(H2,22,25). The zero-order chi connectivity index (χ0) is 20.5. The molecule has 30 heavy (non-hydrogen) atoms. The van der Waals surface area contributed by atoms with Crippen molar-refractivity contribution in [2.24, 2.45) is 0 Å². The van der Waals surface area contributed by atoms with E-state index in [1.165, 1.54) is 0 Å². The molecule has 1 saturated heterocycles. The minimum Gasteiger partial charge on any atom is -0.458 e. The van der Waals surface area contributed by atoms with Crippen LogP contribution in [0.4, 0.5) is 5.95 Å². The van der Waals surface area contributed by atoms with Gasteiger partial charge >= 0.3 is 0 Å². The molecule has 1 fully saturated rings. The third-order valence-corrected chi connectivity index (χ3v) is 5.01. The lowest BCUT2D eigenvalue weighted by Crippen LogP contribution is -2.12. The van der Waals surface area contributed by atoms with Gasteiger partial charge in [0, 0.05) is 24.3 Å². The quantitative estimate of drug-likeness (QED) is 0.520. The summed E-state index contributed by atoms with van der Waals surface area (Å²) >= 11 is 0. The predicted octanol–water partition coefficient (Wildman–Crippen LogP) is 2.57. The van der Waals surface area contributed by atoms with Gasteiger partial charge in [0.25, 0.3) is 0 Å². The normalized spacial score (nSPS) is 16.5. The second-order valence-corrected chi connectivity index (χ2v) is 7.31. The molecule has 0 aromatic carbocycles. The molecule has 0 saturated carbocycles. The molecule has 0 aliphatic carbocycles. The van der Waals surface area contributed by atoms with Gasteiger partial charge in [-0.1, -0.05) is 6.07 Å². The van der Waals surface area contributed by atoms with Crippen molar-refractivity contribution < 1.29 is 13.9 Å². The molecule has 5 heterocycles. The maximum Gasteiger partial charge on any atom is 0.224 e. The van der Waals surface area contributed by atoms with Crippen LogP contribution in [0.15, 0.2) is 40.9 Å². The van der Waals surface area contributed by atoms with Crippen LogP contribution in [0.25, 0.3) is 17.2 Å². The number of nitrogen functional groups attached to an aromatic ring is 1. The minimum absolute atomic E-state index is 0.151. The monoisotopic (exact) mass is 406 g/mol. The van der Waals surface area contributed by atoms with Crippen molar-refractivity contribution in [2.45, 2.75) is 32.5 Å². The van der Waals surface area contributed by atoms with Crippen molar-refractivity contribution in [2.75, 3.05) is 18.9 Å². The van der Waals surface area contributed by atoms with E-state index in [2.05, 4.69) is 15.1 Å². The first kappa shape index (κ1) is 18.7. The Balaban J connectivity index is 1.40. The summed E-state index contributed by atoms with van der Waals surface area (Å²) in [6, 6.07) is 9.65. The van der Waals surface area contributed by atoms with Crippen LogP contribution in [0.5, 0.6) is 0 Å². The highest BCUT2D eigenvalue weighted by atomic mass is 16.5. The van der Waals surface area contributed by atoms with E-state index < -0.39 is 0 Å². The summed E-state index contributed by atoms with van der Waals surface area (Å²) in [7, 11) is 0. The molecular formula is C21H22N6O3. The van der Waals surface area contributed by atoms with E-state index in [1.807, 2.05) is 37.3 Å². The summed E-state index contributed by atoms with van der Waals surface area (Å²) in [6.45, 7) is 3.76. The molecule has 0 radical (unpaired) electrons. The predicted molar refractivity (Wildman–Crippen MR) is 109 cm³/mol. The van der Waals surface area contributed by atoms with E-state index in [4.69, 9.17) is 24.6 Å². The molecule has 0 spiro atoms. The number of hydrogen-bond donors (Lipinski definition) is 1. The van der Waals surface area contributed by atoms with Crippen LogP contribution in [0.3, 0.4) is 0 Å². The van der Waals surface area contributed by atoms with Crippen LogP contribution in [-0.4, -0.2) is 43.9 Å². The van der Waals surface area contributed by atoms with Crippen LogP contribution in [0.1, 0.15) is 29.1 Å². The first-order valence-corrected chi connectivity index (χ1v) is 9.87. The topological polar surface area (TPSA) is 114 Å². The van der Waals surface area contributed by atoms with Gasteiger partial charge in [-0.2, -0.15) is 19.6 Å². The van der Waals surface area contributed by atoms with Gasteiger partial charge in [-0.3, -0.25) is 4.98 Å². The Morgan fingerprint density at radius 2 is 2.07 bits per heavy atom. The highest BCUT2D eigenvalue weighted by Gasteiger charge is 2.18. The molecule has 154 valence electrons. The Kier molecular flexibility index (Phi) is 4.89. The highest BCUT2D eigenvalue weighted by molar-refractivity contribution is 5.59. The zero-order valence-corrected chi connectivity index (χ0v) is 16.6. The lowest BCUT2D eigenvalue weighted by atomic mass is 10.1. The van der Waals surface area contributed by atoms with E-state index in [0.29, 0.717) is 36.9 Å². The Hall–Kier alpha value is -3.30. The van der Waals surface area contributed by atoms with Gasteiger partial charge < -0.3 is 19.6 Å². The third-order valence-electron chi connectivity index (χ3n) is 5.01. The van der Waals surface area contributed by atoms with Crippen molar-refractivity contribution in [1.82, 2.24) is 24.6 Å². The van der Waals surface area contributed by atoms with Gasteiger partial charge in [-0.05, 0) is 37.6 Å². The molecule has 9 heteroatoms. The van der Waals surface area contributed by atoms with Gasteiger partial charge in [-0.15, -0.1) is 0 Å². The number of aryl methyl sites for hydroxylation is 1. The van der Waals surface area contributed by atoms with Gasteiger partial charge in [-0.25, -0.2) is 0 Å². The van der Waals surface area contributed by atoms with Gasteiger partial charge in [0.1, 0.15) is 5.76 Å². The third kappa shape index (κ3) is 3.77. The summed E-state index contributed by atoms with van der Waals surface area (Å²) in [5.41, 5.74) is 9.30. The van der Waals surface area contributed by atoms with E-state index >= 15 is 0 Å². The SMILES string of the molecule is Cc1ccc(-c2nc(N)nc3c(Cc4cccc(COC5CCOC5)n4)cnn23)o1. The second kappa shape index (κ2) is 7.85. The summed E-state index contributed by atoms with van der Waals surface area (Å²) < 4.78 is 18.6. The van der Waals surface area contributed by atoms with Crippen molar-refractivity contribution in [3.05, 3.63) is 59.2 Å². The van der Waals surface area contributed by atoms with E-state index in [9.17, 15) is 0 Å². The fourth-order valence-electron chi connectivity index (χ4n) is 3.53. The molecule has 4 aromatic rings. The Bertz CT molecular complexity index is 1180. The summed E-state index contributed by atoms with van der Waals surface area (Å²) in [6.07, 6.45) is 3.42. The van der Waals surface area contributed by atoms with Crippen molar-refractivity contribution in [1.29, 1.82) is 0 Å². The summed E-state index contributed by atoms with van der Waals surface area (Å²) in [4.78, 5) is 13.4. The van der Waals surface area contributed by atoms with Crippen LogP contribution in [-0.2, 0) is 22.5 Å². The van der Waals surface area contributed by atoms with Crippen LogP contribution in [0.2, 0.25) is 0 Å². The van der Waals surface area contributed by atoms with E-state index in [-0.39, 0.29) is 12.1 Å². The number of fused-ring (bicyclic) bond motifs is 1. The molecular weight excluding hydrogens is 384 g/mol. The van der Waals surface area contributed by atoms with Gasteiger partial charge in [0.05, 0.1) is 31.2 Å². The molecule has 1 aliphatic rings. The molecule has 0 amide bonds. The van der Waals surface area contributed by atoms with E-state index in [1.54, 1.807) is 10.7 Å². The Labute approximate surface area is 172 Å². The first-order chi connectivity index (χ1) is 14.7. The van der Waals surface area contributed by atoms with Crippen LogP contribution in [0, 0.1) is 6.92 Å². The fraction of sp³-hybridized carbons (Fsp3) is 0.333. The molecule has 1 unspecified atom stereocenters. The molecule has 4 aromatic heterocycles. The van der Waals surface area contributed by atoms with Crippen LogP contribution >= 0.6 is 0 Å². The molecule has 0 bridgehead atoms. The first-order valence-electron chi connectivity index (χ1n) is 9.87. The summed E-state index contributed by atoms with van der Waals surface area (Å²) in [5, 5.41) is 4.46. The molecule has 1 atom stereocenters. The Morgan fingerprint density at radius 3 is 2.87 bits per heavy atom. The minimum atomic E-state index is 0.151. The number of hydrogen-bond acceptors (Lipinski definition) is 8. The van der Waals surface area contributed by atoms with Crippen molar-refractivity contribution in [3.63, 3.8) is 0 Å². The highest BCUT2D eigenvalue weighted by Crippen LogP contribution is 2.23. The number of furan rings is 1. The molecule has 9 nitrogen and oxygen atoms in total. The molecule has 5 rings (SSSR count). The lowest BCUT2D eigenvalue weighted by molar-refractivity contribution is 0.0301. The number of rotatable bonds is 6. The second-order valence-electron chi connectivity index (χ2n) is 7.31. The maximum absolute atomic E-state index is 5.97. The summed E-state index contributed by atoms with van der Waals surface area (Å²) in [5.74, 6) is 2.07. The average Bonchev–Trinajstić information content (AvgIpc) is 3.48. The van der Waals surface area contributed by atoms with Crippen molar-refractivity contribution in [3.8, 4) is 11.6 Å². The number of anilines is 1. The lowest BCUT2D eigenvalue weighted by Gasteiger charge is -2.10. The zero-order valence-electron chi connectivity index (χ0n) is 16.6. The smallest absolute Gasteiger partial charge is 0.224 e. The van der Waals surface area contributed by atoms with E-state index in [0.717, 1.165) is 35.7 Å². The number of aromatic nitrogens is 5. The molecule has 1 aliphatic heterocycles. The number of pyridine rings is 1. The van der Waals surface area contributed by atoms with Crippen LogP contribution < -0.4 is 5.73 Å². The maximum atomic E-state index is 5.97. The van der Waals surface area contributed by atoms with Gasteiger partial charge in [0.15, 0.2) is 11.4 Å². The fourth-order valence-corrected chi connectivity index (χ4v) is 3.53. The largest absolute Gasteiger partial charge is 0.458 e. The Morgan fingerprint density at radius 1 is 1.17 bits per heavy atom. The van der Waals surface area contributed by atoms with Gasteiger partial charge in [0.2, 0.25) is 11.8 Å². The molecule has 2 N–H and O–H groups in total. The number of nitrogens with two attached hydrogens (primary N) is 1. The number of ether oxygens (including phenoxy) is 2. The number of nitrogens with zero attached hydrogens (tertiary/aromatic N) is 5. The average molecular weight is 406 g/mol. The van der Waals surface area contributed by atoms with Crippen molar-refractivity contribution >= 4 is 11.6 Å².